The molecule has 0 radical (unpaired) electrons. The standard InChI is InChI=1S/C14H18N2O/c1-16-6-5-11(16)7-10-9-15-14-4-3-12(17-2)8-13(10)14/h3-4,8-9,11,15H,5-7H2,1-2H3/t11-/m0/s1. The van der Waals surface area contributed by atoms with E-state index in [0.29, 0.717) is 6.04 Å². The van der Waals surface area contributed by atoms with Crippen LogP contribution >= 0.6 is 0 Å². The molecule has 0 amide bonds. The van der Waals surface area contributed by atoms with Crippen molar-refractivity contribution in [2.45, 2.75) is 18.9 Å². The Labute approximate surface area is 101 Å². The molecule has 17 heavy (non-hydrogen) atoms. The summed E-state index contributed by atoms with van der Waals surface area (Å²) in [5, 5.41) is 1.30. The number of aromatic amines is 1. The van der Waals surface area contributed by atoms with Crippen molar-refractivity contribution < 1.29 is 4.74 Å². The monoisotopic (exact) mass is 230 g/mol. The van der Waals surface area contributed by atoms with Gasteiger partial charge in [0.05, 0.1) is 7.11 Å². The third-order valence-electron chi connectivity index (χ3n) is 3.87. The van der Waals surface area contributed by atoms with Crippen molar-refractivity contribution in [3.8, 4) is 5.75 Å². The molecule has 0 bridgehead atoms. The van der Waals surface area contributed by atoms with Crippen molar-refractivity contribution in [3.63, 3.8) is 0 Å². The molecule has 1 atom stereocenters. The van der Waals surface area contributed by atoms with Crippen LogP contribution < -0.4 is 4.74 Å². The van der Waals surface area contributed by atoms with E-state index in [1.807, 2.05) is 6.07 Å². The summed E-state index contributed by atoms with van der Waals surface area (Å²) in [5.74, 6) is 0.931. The minimum Gasteiger partial charge on any atom is -0.497 e. The number of ether oxygens (including phenoxy) is 1. The maximum Gasteiger partial charge on any atom is 0.119 e. The first-order chi connectivity index (χ1) is 8.28. The van der Waals surface area contributed by atoms with E-state index in [4.69, 9.17) is 4.74 Å². The van der Waals surface area contributed by atoms with Gasteiger partial charge in [-0.2, -0.15) is 0 Å². The first kappa shape index (κ1) is 10.7. The maximum absolute atomic E-state index is 5.29. The molecular weight excluding hydrogens is 212 g/mol. The minimum atomic E-state index is 0.709. The smallest absolute Gasteiger partial charge is 0.119 e. The molecule has 0 aliphatic carbocycles. The van der Waals surface area contributed by atoms with E-state index in [-0.39, 0.29) is 0 Å². The molecule has 0 saturated carbocycles. The van der Waals surface area contributed by atoms with Gasteiger partial charge in [0.15, 0.2) is 0 Å². The fraction of sp³-hybridized carbons (Fsp3) is 0.429. The molecule has 2 heterocycles. The second-order valence-electron chi connectivity index (χ2n) is 4.85. The van der Waals surface area contributed by atoms with Crippen LogP contribution in [0.5, 0.6) is 5.75 Å². The SMILES string of the molecule is COc1ccc2[nH]cc(C[C@@H]3CCN3C)c2c1. The van der Waals surface area contributed by atoms with Crippen LogP contribution in [0.15, 0.2) is 24.4 Å². The summed E-state index contributed by atoms with van der Waals surface area (Å²) in [4.78, 5) is 5.75. The number of nitrogens with one attached hydrogen (secondary N) is 1. The summed E-state index contributed by atoms with van der Waals surface area (Å²) < 4.78 is 5.29. The van der Waals surface area contributed by atoms with Crippen LogP contribution in [0.1, 0.15) is 12.0 Å². The Hall–Kier alpha value is -1.48. The van der Waals surface area contributed by atoms with Crippen LogP contribution in [-0.4, -0.2) is 36.6 Å². The summed E-state index contributed by atoms with van der Waals surface area (Å²) >= 11 is 0. The molecule has 1 N–H and O–H groups in total. The number of likely N-dealkylation sites (N-methyl/N-ethyl adjacent to an activating group) is 1. The van der Waals surface area contributed by atoms with Gasteiger partial charge in [-0.1, -0.05) is 0 Å². The minimum absolute atomic E-state index is 0.709. The first-order valence-electron chi connectivity index (χ1n) is 6.12. The number of aromatic nitrogens is 1. The molecule has 3 rings (SSSR count). The number of methoxy groups -OCH3 is 1. The zero-order valence-electron chi connectivity index (χ0n) is 10.4. The molecule has 1 aromatic carbocycles. The van der Waals surface area contributed by atoms with Crippen LogP contribution in [0.3, 0.4) is 0 Å². The molecule has 3 nitrogen and oxygen atoms in total. The van der Waals surface area contributed by atoms with E-state index in [2.05, 4.69) is 35.3 Å². The van der Waals surface area contributed by atoms with Gasteiger partial charge in [-0.25, -0.2) is 0 Å². The molecule has 1 aliphatic rings. The van der Waals surface area contributed by atoms with Gasteiger partial charge in [-0.3, -0.25) is 0 Å². The number of rotatable bonds is 3. The second-order valence-corrected chi connectivity index (χ2v) is 4.85. The molecule has 0 spiro atoms. The van der Waals surface area contributed by atoms with Crippen molar-refractivity contribution in [1.29, 1.82) is 0 Å². The molecule has 0 unspecified atom stereocenters. The number of fused-ring (bicyclic) bond motifs is 1. The predicted molar refractivity (Wildman–Crippen MR) is 69.6 cm³/mol. The number of likely N-dealkylation sites (tertiary alicyclic amines) is 1. The zero-order valence-corrected chi connectivity index (χ0v) is 10.4. The van der Waals surface area contributed by atoms with Gasteiger partial charge >= 0.3 is 0 Å². The molecule has 90 valence electrons. The summed E-state index contributed by atoms with van der Waals surface area (Å²) in [7, 11) is 3.91. The number of hydrogen-bond acceptors (Lipinski definition) is 2. The Morgan fingerprint density at radius 1 is 1.47 bits per heavy atom. The lowest BCUT2D eigenvalue weighted by Gasteiger charge is -2.37. The second kappa shape index (κ2) is 4.08. The lowest BCUT2D eigenvalue weighted by atomic mass is 9.96. The van der Waals surface area contributed by atoms with Crippen molar-refractivity contribution in [1.82, 2.24) is 9.88 Å². The fourth-order valence-electron chi connectivity index (χ4n) is 2.53. The number of H-pyrrole nitrogens is 1. The zero-order chi connectivity index (χ0) is 11.8. The highest BCUT2D eigenvalue weighted by molar-refractivity contribution is 5.84. The molecule has 1 aromatic heterocycles. The lowest BCUT2D eigenvalue weighted by molar-refractivity contribution is 0.127. The van der Waals surface area contributed by atoms with Gasteiger partial charge in [0.1, 0.15) is 5.75 Å². The molecule has 1 fully saturated rings. The Balaban J connectivity index is 1.92. The normalized spacial score (nSPS) is 20.5. The predicted octanol–water partition coefficient (Wildman–Crippen LogP) is 2.42. The Kier molecular flexibility index (Phi) is 2.56. The topological polar surface area (TPSA) is 28.3 Å². The van der Waals surface area contributed by atoms with Crippen molar-refractivity contribution in [3.05, 3.63) is 30.0 Å². The molecular formula is C14H18N2O. The first-order valence-corrected chi connectivity index (χ1v) is 6.12. The third kappa shape index (κ3) is 1.80. The van der Waals surface area contributed by atoms with E-state index in [0.717, 1.165) is 12.2 Å². The quantitative estimate of drug-likeness (QED) is 0.877. The highest BCUT2D eigenvalue weighted by Crippen LogP contribution is 2.27. The Bertz CT molecular complexity index is 532. The van der Waals surface area contributed by atoms with Gasteiger partial charge < -0.3 is 14.6 Å². The van der Waals surface area contributed by atoms with Crippen molar-refractivity contribution >= 4 is 10.9 Å². The van der Waals surface area contributed by atoms with Gasteiger partial charge in [-0.05, 0) is 50.2 Å². The Morgan fingerprint density at radius 2 is 2.35 bits per heavy atom. The van der Waals surface area contributed by atoms with Crippen molar-refractivity contribution in [2.24, 2.45) is 0 Å². The highest BCUT2D eigenvalue weighted by Gasteiger charge is 2.24. The molecule has 3 heteroatoms. The van der Waals surface area contributed by atoms with Crippen LogP contribution in [-0.2, 0) is 6.42 Å². The van der Waals surface area contributed by atoms with E-state index in [1.54, 1.807) is 7.11 Å². The summed E-state index contributed by atoms with van der Waals surface area (Å²) in [5.41, 5.74) is 2.60. The number of hydrogen-bond donors (Lipinski definition) is 1. The highest BCUT2D eigenvalue weighted by atomic mass is 16.5. The summed E-state index contributed by atoms with van der Waals surface area (Å²) in [6.45, 7) is 1.23. The third-order valence-corrected chi connectivity index (χ3v) is 3.87. The molecule has 1 aliphatic heterocycles. The van der Waals surface area contributed by atoms with Crippen molar-refractivity contribution in [2.75, 3.05) is 20.7 Å². The lowest BCUT2D eigenvalue weighted by Crippen LogP contribution is -2.45. The average Bonchev–Trinajstić information content (AvgIpc) is 2.76. The Morgan fingerprint density at radius 3 is 3.00 bits per heavy atom. The number of benzene rings is 1. The van der Waals surface area contributed by atoms with Crippen LogP contribution in [0.2, 0.25) is 0 Å². The van der Waals surface area contributed by atoms with Gasteiger partial charge in [-0.15, -0.1) is 0 Å². The summed E-state index contributed by atoms with van der Waals surface area (Å²) in [6.07, 6.45) is 4.58. The molecule has 1 saturated heterocycles. The maximum atomic E-state index is 5.29. The van der Waals surface area contributed by atoms with E-state index < -0.39 is 0 Å². The molecule has 2 aromatic rings. The van der Waals surface area contributed by atoms with E-state index in [1.165, 1.54) is 29.4 Å². The van der Waals surface area contributed by atoms with Gasteiger partial charge in [0.2, 0.25) is 0 Å². The van der Waals surface area contributed by atoms with E-state index in [9.17, 15) is 0 Å². The largest absolute Gasteiger partial charge is 0.497 e. The summed E-state index contributed by atoms with van der Waals surface area (Å²) in [6, 6.07) is 6.92. The van der Waals surface area contributed by atoms with Crippen LogP contribution in [0.4, 0.5) is 0 Å². The van der Waals surface area contributed by atoms with E-state index >= 15 is 0 Å². The van der Waals surface area contributed by atoms with Crippen LogP contribution in [0, 0.1) is 0 Å². The number of nitrogens with zero attached hydrogens (tertiary/aromatic N) is 1. The fourth-order valence-corrected chi connectivity index (χ4v) is 2.53. The van der Waals surface area contributed by atoms with Gasteiger partial charge in [0, 0.05) is 23.1 Å². The van der Waals surface area contributed by atoms with Crippen LogP contribution in [0.25, 0.3) is 10.9 Å². The average molecular weight is 230 g/mol. The van der Waals surface area contributed by atoms with Gasteiger partial charge in [0.25, 0.3) is 0 Å².